The van der Waals surface area contributed by atoms with Gasteiger partial charge in [-0.05, 0) is 53.2 Å². The fourth-order valence-electron chi connectivity index (χ4n) is 3.84. The summed E-state index contributed by atoms with van der Waals surface area (Å²) in [6.07, 6.45) is 0. The van der Waals surface area contributed by atoms with E-state index < -0.39 is 21.7 Å². The van der Waals surface area contributed by atoms with E-state index in [2.05, 4.69) is 0 Å². The van der Waals surface area contributed by atoms with Crippen molar-refractivity contribution in [3.05, 3.63) is 88.9 Å². The van der Waals surface area contributed by atoms with E-state index in [0.717, 1.165) is 14.6 Å². The van der Waals surface area contributed by atoms with Gasteiger partial charge in [0.15, 0.2) is 0 Å². The molecule has 5 rings (SSSR count). The maximum Gasteiger partial charge on any atom is 0.265 e. The summed E-state index contributed by atoms with van der Waals surface area (Å²) in [5, 5.41) is 3.34. The van der Waals surface area contributed by atoms with Gasteiger partial charge in [0.2, 0.25) is 5.91 Å². The monoisotopic (exact) mass is 452 g/mol. The molecule has 0 saturated carbocycles. The molecule has 31 heavy (non-hydrogen) atoms. The molecule has 1 amide bonds. The second-order valence-corrected chi connectivity index (χ2v) is 10.0. The molecule has 2 heterocycles. The van der Waals surface area contributed by atoms with Crippen LogP contribution in [0.3, 0.4) is 0 Å². The predicted molar refractivity (Wildman–Crippen MR) is 120 cm³/mol. The van der Waals surface area contributed by atoms with Gasteiger partial charge in [0.1, 0.15) is 12.4 Å². The Labute approximate surface area is 183 Å². The largest absolute Gasteiger partial charge is 0.306 e. The van der Waals surface area contributed by atoms with Gasteiger partial charge in [-0.2, -0.15) is 0 Å². The van der Waals surface area contributed by atoms with Crippen LogP contribution < -0.4 is 9.21 Å². The number of amides is 1. The average Bonchev–Trinajstić information content (AvgIpc) is 3.35. The minimum absolute atomic E-state index is 0.208. The van der Waals surface area contributed by atoms with Crippen LogP contribution in [0.25, 0.3) is 10.8 Å². The molecule has 0 unspecified atom stereocenters. The quantitative estimate of drug-likeness (QED) is 0.438. The summed E-state index contributed by atoms with van der Waals surface area (Å²) in [5.74, 6) is -0.801. The lowest BCUT2D eigenvalue weighted by atomic mass is 10.1. The molecule has 1 aliphatic rings. The van der Waals surface area contributed by atoms with E-state index >= 15 is 0 Å². The highest BCUT2D eigenvalue weighted by atomic mass is 32.2. The molecular formula is C23H17FN2O3S2. The van der Waals surface area contributed by atoms with Crippen LogP contribution in [0.5, 0.6) is 0 Å². The van der Waals surface area contributed by atoms with E-state index in [0.29, 0.717) is 16.8 Å². The fourth-order valence-corrected chi connectivity index (χ4v) is 6.19. The summed E-state index contributed by atoms with van der Waals surface area (Å²) in [4.78, 5) is 16.0. The van der Waals surface area contributed by atoms with Gasteiger partial charge in [-0.3, -0.25) is 9.10 Å². The number of nitrogens with zero attached hydrogens (tertiary/aromatic N) is 2. The standard InChI is InChI=1S/C23H17FN2O3S2/c24-17-9-11-18(12-10-17)25(14-19-6-3-13-30-19)22(27)15-26-20-7-1-4-16-5-2-8-21(23(16)20)31(26,28)29/h1-13H,14-15H2. The van der Waals surface area contributed by atoms with Gasteiger partial charge < -0.3 is 4.90 Å². The number of hydrogen-bond donors (Lipinski definition) is 0. The third kappa shape index (κ3) is 3.37. The lowest BCUT2D eigenvalue weighted by Crippen LogP contribution is -2.41. The van der Waals surface area contributed by atoms with Crippen molar-refractivity contribution in [3.8, 4) is 0 Å². The maximum absolute atomic E-state index is 13.4. The van der Waals surface area contributed by atoms with E-state index in [1.54, 1.807) is 24.3 Å². The zero-order valence-corrected chi connectivity index (χ0v) is 17.9. The number of sulfonamides is 1. The Morgan fingerprint density at radius 2 is 1.71 bits per heavy atom. The average molecular weight is 453 g/mol. The third-order valence-electron chi connectivity index (χ3n) is 5.29. The molecule has 0 bridgehead atoms. The van der Waals surface area contributed by atoms with Crippen molar-refractivity contribution in [1.29, 1.82) is 0 Å². The van der Waals surface area contributed by atoms with Crippen molar-refractivity contribution in [1.82, 2.24) is 0 Å². The summed E-state index contributed by atoms with van der Waals surface area (Å²) in [6.45, 7) is -0.0773. The molecule has 3 aromatic carbocycles. The second kappa shape index (κ2) is 7.47. The number of carbonyl (C=O) groups is 1. The summed E-state index contributed by atoms with van der Waals surface area (Å²) >= 11 is 1.49. The highest BCUT2D eigenvalue weighted by Crippen LogP contribution is 2.42. The molecule has 1 aliphatic heterocycles. The number of rotatable bonds is 5. The molecule has 0 fully saturated rings. The van der Waals surface area contributed by atoms with Crippen molar-refractivity contribution in [2.75, 3.05) is 15.7 Å². The second-order valence-electron chi connectivity index (χ2n) is 7.18. The molecule has 5 nitrogen and oxygen atoms in total. The molecule has 156 valence electrons. The minimum Gasteiger partial charge on any atom is -0.306 e. The first-order valence-electron chi connectivity index (χ1n) is 9.58. The van der Waals surface area contributed by atoms with E-state index in [1.165, 1.54) is 40.5 Å². The van der Waals surface area contributed by atoms with E-state index in [9.17, 15) is 17.6 Å². The van der Waals surface area contributed by atoms with Gasteiger partial charge in [0.05, 0.1) is 17.1 Å². The molecule has 0 atom stereocenters. The minimum atomic E-state index is -3.85. The number of hydrogen-bond acceptors (Lipinski definition) is 4. The Hall–Kier alpha value is -3.23. The highest BCUT2D eigenvalue weighted by molar-refractivity contribution is 7.93. The third-order valence-corrected chi connectivity index (χ3v) is 7.96. The van der Waals surface area contributed by atoms with Gasteiger partial charge in [-0.25, -0.2) is 12.8 Å². The lowest BCUT2D eigenvalue weighted by molar-refractivity contribution is -0.117. The van der Waals surface area contributed by atoms with Crippen LogP contribution in [0.2, 0.25) is 0 Å². The number of thiophene rings is 1. The molecule has 0 radical (unpaired) electrons. The Kier molecular flexibility index (Phi) is 4.75. The molecule has 0 spiro atoms. The summed E-state index contributed by atoms with van der Waals surface area (Å²) in [5.41, 5.74) is 1.00. The van der Waals surface area contributed by atoms with Gasteiger partial charge in [-0.1, -0.05) is 30.3 Å². The van der Waals surface area contributed by atoms with Crippen LogP contribution in [0.1, 0.15) is 4.88 Å². The van der Waals surface area contributed by atoms with Crippen LogP contribution in [-0.2, 0) is 21.4 Å². The zero-order valence-electron chi connectivity index (χ0n) is 16.2. The van der Waals surface area contributed by atoms with Crippen molar-refractivity contribution >= 4 is 49.4 Å². The SMILES string of the molecule is O=C(CN1c2cccc3cccc(c23)S1(=O)=O)N(Cc1cccs1)c1ccc(F)cc1. The summed E-state index contributed by atoms with van der Waals surface area (Å²) in [6, 6.07) is 19.9. The molecule has 0 saturated heterocycles. The van der Waals surface area contributed by atoms with E-state index in [-0.39, 0.29) is 18.0 Å². The van der Waals surface area contributed by atoms with Crippen molar-refractivity contribution in [2.45, 2.75) is 11.4 Å². The molecule has 4 aromatic rings. The van der Waals surface area contributed by atoms with Gasteiger partial charge in [0, 0.05) is 16.0 Å². The van der Waals surface area contributed by atoms with E-state index in [4.69, 9.17) is 0 Å². The normalized spacial score (nSPS) is 14.2. The molecule has 0 N–H and O–H groups in total. The highest BCUT2D eigenvalue weighted by Gasteiger charge is 2.37. The number of carbonyl (C=O) groups excluding carboxylic acids is 1. The first-order valence-corrected chi connectivity index (χ1v) is 11.9. The maximum atomic E-state index is 13.4. The number of anilines is 2. The Balaban J connectivity index is 1.52. The number of halogens is 1. The molecule has 8 heteroatoms. The summed E-state index contributed by atoms with van der Waals surface area (Å²) in [7, 11) is -3.85. The van der Waals surface area contributed by atoms with Gasteiger partial charge >= 0.3 is 0 Å². The predicted octanol–water partition coefficient (Wildman–Crippen LogP) is 4.78. The smallest absolute Gasteiger partial charge is 0.265 e. The Bertz CT molecular complexity index is 1380. The van der Waals surface area contributed by atoms with Crippen LogP contribution in [-0.4, -0.2) is 20.9 Å². The lowest BCUT2D eigenvalue weighted by Gasteiger charge is -2.26. The van der Waals surface area contributed by atoms with Gasteiger partial charge in [-0.15, -0.1) is 11.3 Å². The first-order chi connectivity index (χ1) is 14.9. The van der Waals surface area contributed by atoms with E-state index in [1.807, 2.05) is 29.6 Å². The van der Waals surface area contributed by atoms with Crippen LogP contribution >= 0.6 is 11.3 Å². The van der Waals surface area contributed by atoms with Crippen molar-refractivity contribution in [2.24, 2.45) is 0 Å². The van der Waals surface area contributed by atoms with Crippen LogP contribution in [0.4, 0.5) is 15.8 Å². The molecule has 1 aromatic heterocycles. The van der Waals surface area contributed by atoms with Crippen molar-refractivity contribution in [3.63, 3.8) is 0 Å². The zero-order chi connectivity index (χ0) is 21.6. The fraction of sp³-hybridized carbons (Fsp3) is 0.0870. The Morgan fingerprint density at radius 3 is 2.42 bits per heavy atom. The Morgan fingerprint density at radius 1 is 0.968 bits per heavy atom. The molecule has 0 aliphatic carbocycles. The first kappa shape index (κ1) is 19.7. The topological polar surface area (TPSA) is 57.7 Å². The van der Waals surface area contributed by atoms with Crippen molar-refractivity contribution < 1.29 is 17.6 Å². The van der Waals surface area contributed by atoms with Crippen LogP contribution in [0.15, 0.2) is 83.1 Å². The summed E-state index contributed by atoms with van der Waals surface area (Å²) < 4.78 is 41.1. The number of benzene rings is 3. The van der Waals surface area contributed by atoms with Gasteiger partial charge in [0.25, 0.3) is 10.0 Å². The molecular weight excluding hydrogens is 435 g/mol. The van der Waals surface area contributed by atoms with Crippen LogP contribution in [0, 0.1) is 5.82 Å².